The van der Waals surface area contributed by atoms with E-state index in [1.54, 1.807) is 4.90 Å². The van der Waals surface area contributed by atoms with Crippen LogP contribution in [0.15, 0.2) is 42.6 Å². The highest BCUT2D eigenvalue weighted by molar-refractivity contribution is 6.30. The summed E-state index contributed by atoms with van der Waals surface area (Å²) >= 11 is 6.07. The van der Waals surface area contributed by atoms with E-state index in [1.807, 2.05) is 48.4 Å². The largest absolute Gasteiger partial charge is 0.348 e. The van der Waals surface area contributed by atoms with E-state index in [2.05, 4.69) is 24.5 Å². The van der Waals surface area contributed by atoms with Gasteiger partial charge in [0, 0.05) is 43.0 Å². The Labute approximate surface area is 171 Å². The normalized spacial score (nSPS) is 16.2. The van der Waals surface area contributed by atoms with Gasteiger partial charge < -0.3 is 14.4 Å². The average molecular weight is 402 g/mol. The zero-order valence-corrected chi connectivity index (χ0v) is 17.5. The van der Waals surface area contributed by atoms with Crippen molar-refractivity contribution in [2.75, 3.05) is 19.6 Å². The van der Waals surface area contributed by atoms with Crippen LogP contribution in [-0.2, 0) is 16.1 Å². The SMILES string of the molecule is CCC(=O)N(CC(=O)N1CCn2cccc2[C@H]1c1ccc(Cl)cc1)CC(C)C. The molecule has 0 radical (unpaired) electrons. The number of aromatic nitrogens is 1. The summed E-state index contributed by atoms with van der Waals surface area (Å²) in [7, 11) is 0. The highest BCUT2D eigenvalue weighted by Crippen LogP contribution is 2.33. The van der Waals surface area contributed by atoms with E-state index in [4.69, 9.17) is 11.6 Å². The van der Waals surface area contributed by atoms with Crippen LogP contribution in [-0.4, -0.2) is 45.8 Å². The Morgan fingerprint density at radius 2 is 1.89 bits per heavy atom. The fraction of sp³-hybridized carbons (Fsp3) is 0.455. The van der Waals surface area contributed by atoms with Crippen molar-refractivity contribution in [3.63, 3.8) is 0 Å². The Balaban J connectivity index is 1.89. The monoisotopic (exact) mass is 401 g/mol. The number of carbonyl (C=O) groups is 2. The summed E-state index contributed by atoms with van der Waals surface area (Å²) in [5.41, 5.74) is 2.11. The molecule has 0 unspecified atom stereocenters. The van der Waals surface area contributed by atoms with Gasteiger partial charge in [0.1, 0.15) is 0 Å². The molecule has 28 heavy (non-hydrogen) atoms. The Kier molecular flexibility index (Phi) is 6.45. The minimum Gasteiger partial charge on any atom is -0.348 e. The first-order valence-electron chi connectivity index (χ1n) is 9.88. The van der Waals surface area contributed by atoms with Gasteiger partial charge in [0.25, 0.3) is 0 Å². The molecule has 3 rings (SSSR count). The van der Waals surface area contributed by atoms with Crippen molar-refractivity contribution >= 4 is 23.4 Å². The minimum absolute atomic E-state index is 0.0187. The van der Waals surface area contributed by atoms with Gasteiger partial charge in [-0.3, -0.25) is 9.59 Å². The van der Waals surface area contributed by atoms with Gasteiger partial charge >= 0.3 is 0 Å². The van der Waals surface area contributed by atoms with Crippen LogP contribution in [0.4, 0.5) is 0 Å². The predicted octanol–water partition coefficient (Wildman–Crippen LogP) is 3.97. The molecule has 2 heterocycles. The van der Waals surface area contributed by atoms with E-state index >= 15 is 0 Å². The molecule has 2 amide bonds. The van der Waals surface area contributed by atoms with Crippen LogP contribution >= 0.6 is 11.6 Å². The first-order valence-corrected chi connectivity index (χ1v) is 10.3. The molecule has 0 aliphatic carbocycles. The molecule has 150 valence electrons. The number of hydrogen-bond donors (Lipinski definition) is 0. The molecule has 0 saturated carbocycles. The molecule has 1 atom stereocenters. The summed E-state index contributed by atoms with van der Waals surface area (Å²) in [5, 5.41) is 0.671. The lowest BCUT2D eigenvalue weighted by atomic mass is 9.99. The van der Waals surface area contributed by atoms with Crippen LogP contribution < -0.4 is 0 Å². The van der Waals surface area contributed by atoms with Gasteiger partial charge in [-0.25, -0.2) is 0 Å². The second-order valence-corrected chi connectivity index (χ2v) is 8.13. The first kappa shape index (κ1) is 20.5. The van der Waals surface area contributed by atoms with Crippen molar-refractivity contribution in [2.45, 2.75) is 39.8 Å². The van der Waals surface area contributed by atoms with E-state index in [0.717, 1.165) is 17.8 Å². The number of halogens is 1. The third-order valence-electron chi connectivity index (χ3n) is 5.11. The molecule has 0 N–H and O–H groups in total. The molecular weight excluding hydrogens is 374 g/mol. The van der Waals surface area contributed by atoms with Crippen LogP contribution in [0.25, 0.3) is 0 Å². The van der Waals surface area contributed by atoms with Crippen LogP contribution in [0.1, 0.15) is 44.5 Å². The van der Waals surface area contributed by atoms with E-state index < -0.39 is 0 Å². The smallest absolute Gasteiger partial charge is 0.243 e. The molecule has 1 aromatic carbocycles. The van der Waals surface area contributed by atoms with E-state index in [-0.39, 0.29) is 24.4 Å². The maximum absolute atomic E-state index is 13.3. The number of carbonyl (C=O) groups excluding carboxylic acids is 2. The molecule has 0 fully saturated rings. The molecule has 1 aliphatic rings. The number of nitrogens with zero attached hydrogens (tertiary/aromatic N) is 3. The molecule has 1 aliphatic heterocycles. The second-order valence-electron chi connectivity index (χ2n) is 7.69. The standard InChI is InChI=1S/C22H28ClN3O2/c1-4-20(27)25(14-16(2)3)15-21(28)26-13-12-24-11-5-6-19(24)22(26)17-7-9-18(23)10-8-17/h5-11,16,22H,4,12-15H2,1-3H3/t22-/m1/s1. The predicted molar refractivity (Wildman–Crippen MR) is 111 cm³/mol. The summed E-state index contributed by atoms with van der Waals surface area (Å²) in [6.07, 6.45) is 2.45. The maximum Gasteiger partial charge on any atom is 0.243 e. The topological polar surface area (TPSA) is 45.6 Å². The fourth-order valence-electron chi connectivity index (χ4n) is 3.82. The van der Waals surface area contributed by atoms with Crippen LogP contribution in [0.5, 0.6) is 0 Å². The molecule has 2 aromatic rings. The van der Waals surface area contributed by atoms with Gasteiger partial charge in [-0.2, -0.15) is 0 Å². The van der Waals surface area contributed by atoms with Gasteiger partial charge in [-0.05, 0) is 35.7 Å². The van der Waals surface area contributed by atoms with Gasteiger partial charge in [-0.15, -0.1) is 0 Å². The van der Waals surface area contributed by atoms with E-state index in [1.165, 1.54) is 0 Å². The summed E-state index contributed by atoms with van der Waals surface area (Å²) < 4.78 is 2.19. The Bertz CT molecular complexity index is 829. The number of fused-ring (bicyclic) bond motifs is 1. The lowest BCUT2D eigenvalue weighted by Crippen LogP contribution is -2.48. The van der Waals surface area contributed by atoms with Gasteiger partial charge in [0.05, 0.1) is 12.6 Å². The third-order valence-corrected chi connectivity index (χ3v) is 5.36. The summed E-state index contributed by atoms with van der Waals surface area (Å²) in [4.78, 5) is 29.2. The van der Waals surface area contributed by atoms with E-state index in [9.17, 15) is 9.59 Å². The Morgan fingerprint density at radius 3 is 2.54 bits per heavy atom. The molecule has 0 saturated heterocycles. The van der Waals surface area contributed by atoms with Gasteiger partial charge in [0.15, 0.2) is 0 Å². The number of hydrogen-bond acceptors (Lipinski definition) is 2. The molecule has 6 heteroatoms. The lowest BCUT2D eigenvalue weighted by Gasteiger charge is -2.38. The lowest BCUT2D eigenvalue weighted by molar-refractivity contribution is -0.142. The molecule has 1 aromatic heterocycles. The van der Waals surface area contributed by atoms with Crippen molar-refractivity contribution < 1.29 is 9.59 Å². The summed E-state index contributed by atoms with van der Waals surface area (Å²) in [5.74, 6) is 0.314. The maximum atomic E-state index is 13.3. The van der Waals surface area contributed by atoms with Crippen molar-refractivity contribution in [3.05, 3.63) is 58.9 Å². The second kappa shape index (κ2) is 8.82. The molecule has 5 nitrogen and oxygen atoms in total. The highest BCUT2D eigenvalue weighted by Gasteiger charge is 2.33. The minimum atomic E-state index is -0.175. The van der Waals surface area contributed by atoms with Crippen LogP contribution in [0.2, 0.25) is 5.02 Å². The quantitative estimate of drug-likeness (QED) is 0.735. The van der Waals surface area contributed by atoms with Crippen molar-refractivity contribution in [1.82, 2.24) is 14.4 Å². The number of amides is 2. The van der Waals surface area contributed by atoms with Crippen molar-refractivity contribution in [2.24, 2.45) is 5.92 Å². The van der Waals surface area contributed by atoms with E-state index in [0.29, 0.717) is 30.5 Å². The zero-order chi connectivity index (χ0) is 20.3. The Hall–Kier alpha value is -2.27. The first-order chi connectivity index (χ1) is 13.4. The third kappa shape index (κ3) is 4.41. The number of rotatable bonds is 6. The summed E-state index contributed by atoms with van der Waals surface area (Å²) in [6, 6.07) is 11.5. The van der Waals surface area contributed by atoms with Gasteiger partial charge in [-0.1, -0.05) is 44.5 Å². The molecule has 0 bridgehead atoms. The van der Waals surface area contributed by atoms with Crippen molar-refractivity contribution in [1.29, 1.82) is 0 Å². The molecule has 0 spiro atoms. The van der Waals surface area contributed by atoms with Gasteiger partial charge in [0.2, 0.25) is 11.8 Å². The van der Waals surface area contributed by atoms with Crippen LogP contribution in [0.3, 0.4) is 0 Å². The molecular formula is C22H28ClN3O2. The van der Waals surface area contributed by atoms with Crippen molar-refractivity contribution in [3.8, 4) is 0 Å². The Morgan fingerprint density at radius 1 is 1.18 bits per heavy atom. The number of benzene rings is 1. The average Bonchev–Trinajstić information content (AvgIpc) is 3.15. The highest BCUT2D eigenvalue weighted by atomic mass is 35.5. The fourth-order valence-corrected chi connectivity index (χ4v) is 3.95. The zero-order valence-electron chi connectivity index (χ0n) is 16.8. The summed E-state index contributed by atoms with van der Waals surface area (Å²) in [6.45, 7) is 8.04. The van der Waals surface area contributed by atoms with Crippen LogP contribution in [0, 0.1) is 5.92 Å².